The summed E-state index contributed by atoms with van der Waals surface area (Å²) in [5.41, 5.74) is 4.48. The Labute approximate surface area is 210 Å². The van der Waals surface area contributed by atoms with Gasteiger partial charge in [0.15, 0.2) is 0 Å². The number of amides is 1. The Kier molecular flexibility index (Phi) is 7.52. The van der Waals surface area contributed by atoms with E-state index >= 15 is 0 Å². The lowest BCUT2D eigenvalue weighted by Gasteiger charge is -2.18. The Morgan fingerprint density at radius 3 is 2.44 bits per heavy atom. The maximum absolute atomic E-state index is 14.2. The van der Waals surface area contributed by atoms with E-state index < -0.39 is 7.12 Å². The summed E-state index contributed by atoms with van der Waals surface area (Å²) in [5, 5.41) is 22.5. The summed E-state index contributed by atoms with van der Waals surface area (Å²) in [6, 6.07) is 11.9. The summed E-state index contributed by atoms with van der Waals surface area (Å²) in [6.45, 7) is 2.45. The third-order valence-electron chi connectivity index (χ3n) is 6.89. The molecule has 3 aromatic rings. The van der Waals surface area contributed by atoms with Gasteiger partial charge in [-0.2, -0.15) is 0 Å². The van der Waals surface area contributed by atoms with Crippen molar-refractivity contribution in [1.29, 1.82) is 0 Å². The molecule has 1 aromatic heterocycles. The molecule has 0 aliphatic heterocycles. The highest BCUT2D eigenvalue weighted by molar-refractivity contribution is 6.61. The molecular weight excluding hydrogens is 462 g/mol. The number of aromatic nitrogens is 1. The van der Waals surface area contributed by atoms with Crippen LogP contribution in [0.1, 0.15) is 41.6 Å². The summed E-state index contributed by atoms with van der Waals surface area (Å²) in [6.07, 6.45) is 4.10. The second kappa shape index (κ2) is 10.6. The molecule has 3 N–H and O–H groups in total. The van der Waals surface area contributed by atoms with Gasteiger partial charge in [-0.15, -0.1) is 0 Å². The Morgan fingerprint density at radius 2 is 1.86 bits per heavy atom. The molecular formula is C27H30BFN2O5. The number of nitrogens with one attached hydrogen (secondary N) is 1. The molecule has 9 heteroatoms. The molecule has 0 spiro atoms. The number of methoxy groups -OCH3 is 2. The smallest absolute Gasteiger partial charge is 0.496 e. The maximum atomic E-state index is 14.2. The Balaban J connectivity index is 1.66. The van der Waals surface area contributed by atoms with Gasteiger partial charge in [0.25, 0.3) is 0 Å². The summed E-state index contributed by atoms with van der Waals surface area (Å²) in [4.78, 5) is 12.9. The minimum atomic E-state index is -1.76. The van der Waals surface area contributed by atoms with Crippen molar-refractivity contribution >= 4 is 30.1 Å². The van der Waals surface area contributed by atoms with Crippen LogP contribution in [0.2, 0.25) is 0 Å². The molecule has 0 fully saturated rings. The predicted molar refractivity (Wildman–Crippen MR) is 137 cm³/mol. The first-order valence-corrected chi connectivity index (χ1v) is 11.7. The van der Waals surface area contributed by atoms with Crippen molar-refractivity contribution in [2.75, 3.05) is 14.2 Å². The minimum absolute atomic E-state index is 0.0670. The number of fused-ring (bicyclic) bond motifs is 1. The molecule has 7 nitrogen and oxygen atoms in total. The largest absolute Gasteiger partial charge is 0.497 e. The van der Waals surface area contributed by atoms with Crippen molar-refractivity contribution in [3.8, 4) is 11.5 Å². The molecule has 188 valence electrons. The van der Waals surface area contributed by atoms with Gasteiger partial charge in [0.1, 0.15) is 17.3 Å². The van der Waals surface area contributed by atoms with E-state index in [1.54, 1.807) is 18.2 Å². The number of benzene rings is 2. The van der Waals surface area contributed by atoms with Gasteiger partial charge in [-0.25, -0.2) is 4.39 Å². The van der Waals surface area contributed by atoms with Crippen LogP contribution in [-0.2, 0) is 18.4 Å². The third-order valence-corrected chi connectivity index (χ3v) is 6.89. The van der Waals surface area contributed by atoms with E-state index in [0.29, 0.717) is 6.54 Å². The first kappa shape index (κ1) is 25.5. The van der Waals surface area contributed by atoms with Crippen molar-refractivity contribution in [3.63, 3.8) is 0 Å². The number of halogens is 1. The van der Waals surface area contributed by atoms with Crippen LogP contribution in [0.15, 0.2) is 48.7 Å². The van der Waals surface area contributed by atoms with Gasteiger partial charge in [-0.1, -0.05) is 19.1 Å². The molecule has 1 aliphatic carbocycles. The van der Waals surface area contributed by atoms with Crippen LogP contribution in [0.5, 0.6) is 11.5 Å². The van der Waals surface area contributed by atoms with Crippen LogP contribution >= 0.6 is 0 Å². The van der Waals surface area contributed by atoms with Crippen LogP contribution in [-0.4, -0.2) is 41.9 Å². The second-order valence-corrected chi connectivity index (χ2v) is 9.03. The number of allylic oxidation sites excluding steroid dienone is 1. The van der Waals surface area contributed by atoms with Crippen LogP contribution in [0.4, 0.5) is 4.39 Å². The number of carbonyl (C=O) groups is 1. The van der Waals surface area contributed by atoms with Gasteiger partial charge >= 0.3 is 7.12 Å². The highest BCUT2D eigenvalue weighted by atomic mass is 19.1. The monoisotopic (exact) mass is 492 g/mol. The van der Waals surface area contributed by atoms with E-state index in [4.69, 9.17) is 9.47 Å². The normalized spacial score (nSPS) is 17.7. The van der Waals surface area contributed by atoms with Crippen molar-refractivity contribution in [1.82, 2.24) is 9.88 Å². The zero-order valence-electron chi connectivity index (χ0n) is 20.8. The number of nitrogens with zero attached hydrogens (tertiary/aromatic N) is 1. The molecule has 1 amide bonds. The fourth-order valence-corrected chi connectivity index (χ4v) is 4.95. The van der Waals surface area contributed by atoms with Gasteiger partial charge < -0.3 is 29.4 Å². The number of carbonyl (C=O) groups excluding carboxylic acids is 1. The Bertz CT molecular complexity index is 1280. The molecule has 2 unspecified atom stereocenters. The number of hydrogen-bond donors (Lipinski definition) is 3. The van der Waals surface area contributed by atoms with E-state index in [2.05, 4.69) is 5.32 Å². The molecule has 0 bridgehead atoms. The van der Waals surface area contributed by atoms with Crippen LogP contribution in [0.25, 0.3) is 11.6 Å². The average Bonchev–Trinajstić information content (AvgIpc) is 3.37. The van der Waals surface area contributed by atoms with Crippen molar-refractivity contribution < 1.29 is 28.7 Å². The average molecular weight is 492 g/mol. The number of rotatable bonds is 8. The molecule has 0 radical (unpaired) electrons. The lowest BCUT2D eigenvalue weighted by molar-refractivity contribution is -0.121. The first-order chi connectivity index (χ1) is 17.2. The molecule has 1 heterocycles. The van der Waals surface area contributed by atoms with Crippen molar-refractivity contribution in [2.24, 2.45) is 13.0 Å². The minimum Gasteiger partial charge on any atom is -0.497 e. The van der Waals surface area contributed by atoms with Crippen molar-refractivity contribution in [3.05, 3.63) is 76.9 Å². The molecule has 36 heavy (non-hydrogen) atoms. The molecule has 0 saturated carbocycles. The topological polar surface area (TPSA) is 93.0 Å². The van der Waals surface area contributed by atoms with Gasteiger partial charge in [-0.05, 0) is 70.5 Å². The van der Waals surface area contributed by atoms with Gasteiger partial charge in [0.2, 0.25) is 5.91 Å². The summed E-state index contributed by atoms with van der Waals surface area (Å²) in [7, 11) is 3.05. The van der Waals surface area contributed by atoms with Gasteiger partial charge in [-0.3, -0.25) is 4.79 Å². The van der Waals surface area contributed by atoms with Crippen LogP contribution in [0.3, 0.4) is 0 Å². The first-order valence-electron chi connectivity index (χ1n) is 11.7. The summed E-state index contributed by atoms with van der Waals surface area (Å²) < 4.78 is 26.9. The molecule has 1 aliphatic rings. The predicted octanol–water partition coefficient (Wildman–Crippen LogP) is 2.84. The summed E-state index contributed by atoms with van der Waals surface area (Å²) >= 11 is 0. The zero-order chi connectivity index (χ0) is 26.0. The zero-order valence-corrected chi connectivity index (χ0v) is 20.8. The van der Waals surface area contributed by atoms with Gasteiger partial charge in [0, 0.05) is 25.4 Å². The fourth-order valence-electron chi connectivity index (χ4n) is 4.95. The molecule has 2 atom stereocenters. The van der Waals surface area contributed by atoms with Crippen LogP contribution in [0, 0.1) is 11.7 Å². The number of hydrogen-bond acceptors (Lipinski definition) is 5. The third kappa shape index (κ3) is 5.03. The Hall–Kier alpha value is -3.56. The quantitative estimate of drug-likeness (QED) is 0.421. The number of aryl methyl sites for hydroxylation is 1. The molecule has 0 saturated heterocycles. The SMILES string of the molecule is COc1cc(C=C2c3ccc(F)cc3C(CC(=O)NCc3cccn3C)C2C)cc(OC)c1B(O)O. The van der Waals surface area contributed by atoms with E-state index in [9.17, 15) is 19.2 Å². The Morgan fingerprint density at radius 1 is 1.17 bits per heavy atom. The van der Waals surface area contributed by atoms with Crippen molar-refractivity contribution in [2.45, 2.75) is 25.8 Å². The van der Waals surface area contributed by atoms with Crippen LogP contribution < -0.4 is 20.3 Å². The molecule has 2 aromatic carbocycles. The lowest BCUT2D eigenvalue weighted by Crippen LogP contribution is -2.32. The lowest BCUT2D eigenvalue weighted by atomic mass is 9.78. The van der Waals surface area contributed by atoms with E-state index in [-0.39, 0.29) is 46.9 Å². The highest BCUT2D eigenvalue weighted by Crippen LogP contribution is 2.48. The van der Waals surface area contributed by atoms with E-state index in [1.165, 1.54) is 26.4 Å². The van der Waals surface area contributed by atoms with E-state index in [0.717, 1.165) is 28.0 Å². The van der Waals surface area contributed by atoms with Gasteiger partial charge in [0.05, 0.1) is 26.2 Å². The molecule has 4 rings (SSSR count). The standard InChI is InChI=1S/C27H30BFN2O5/c1-16-21(10-17-11-24(35-3)27(28(33)34)25(12-17)36-4)20-8-7-18(29)13-23(20)22(16)14-26(32)30-15-19-6-5-9-31(19)2/h5-13,16,22,33-34H,14-15H2,1-4H3,(H,30,32). The highest BCUT2D eigenvalue weighted by Gasteiger charge is 2.35. The fraction of sp³-hybridized carbons (Fsp3) is 0.296. The maximum Gasteiger partial charge on any atom is 0.496 e. The second-order valence-electron chi connectivity index (χ2n) is 9.03. The number of ether oxygens (including phenoxy) is 2. The summed E-state index contributed by atoms with van der Waals surface area (Å²) in [5.74, 6) is -0.161. The van der Waals surface area contributed by atoms with E-state index in [1.807, 2.05) is 42.9 Å².